The Hall–Kier alpha value is -5.34. The van der Waals surface area contributed by atoms with E-state index in [0.29, 0.717) is 0 Å². The average molecular weight is 551 g/mol. The molecule has 7 aromatic rings. The third kappa shape index (κ3) is 4.18. The molecule has 6 aromatic carbocycles. The highest BCUT2D eigenvalue weighted by Crippen LogP contribution is 2.53. The first kappa shape index (κ1) is 25.4. The van der Waals surface area contributed by atoms with Crippen LogP contribution in [0.5, 0.6) is 0 Å². The van der Waals surface area contributed by atoms with Crippen molar-refractivity contribution in [3.05, 3.63) is 157 Å². The van der Waals surface area contributed by atoms with Crippen LogP contribution in [0.25, 0.3) is 66.9 Å². The first-order valence-corrected chi connectivity index (χ1v) is 14.8. The third-order valence-corrected chi connectivity index (χ3v) is 8.89. The van der Waals surface area contributed by atoms with E-state index >= 15 is 0 Å². The van der Waals surface area contributed by atoms with Crippen molar-refractivity contribution in [2.24, 2.45) is 0 Å². The van der Waals surface area contributed by atoms with Crippen LogP contribution >= 0.6 is 0 Å². The van der Waals surface area contributed by atoms with Crippen LogP contribution in [0.1, 0.15) is 25.0 Å². The second-order valence-electron chi connectivity index (χ2n) is 11.8. The maximum absolute atomic E-state index is 5.18. The highest BCUT2D eigenvalue weighted by Gasteiger charge is 2.37. The van der Waals surface area contributed by atoms with Crippen molar-refractivity contribution in [1.29, 1.82) is 0 Å². The lowest BCUT2D eigenvalue weighted by Crippen LogP contribution is -2.14. The summed E-state index contributed by atoms with van der Waals surface area (Å²) < 4.78 is 0. The molecule has 2 nitrogen and oxygen atoms in total. The molecule has 43 heavy (non-hydrogen) atoms. The van der Waals surface area contributed by atoms with Gasteiger partial charge in [0, 0.05) is 22.1 Å². The Labute approximate surface area is 252 Å². The summed E-state index contributed by atoms with van der Waals surface area (Å²) in [5, 5.41) is 2.54. The van der Waals surface area contributed by atoms with Gasteiger partial charge in [0.05, 0.1) is 11.4 Å². The van der Waals surface area contributed by atoms with Crippen LogP contribution in [-0.4, -0.2) is 9.97 Å². The normalized spacial score (nSPS) is 13.1. The fraction of sp³-hybridized carbons (Fsp3) is 0.0732. The summed E-state index contributed by atoms with van der Waals surface area (Å²) in [7, 11) is 0. The van der Waals surface area contributed by atoms with Gasteiger partial charge in [0.25, 0.3) is 0 Å². The molecule has 0 saturated carbocycles. The van der Waals surface area contributed by atoms with Crippen LogP contribution in [0.15, 0.2) is 146 Å². The molecule has 1 aromatic heterocycles. The van der Waals surface area contributed by atoms with E-state index in [2.05, 4.69) is 147 Å². The maximum atomic E-state index is 5.18. The Kier molecular flexibility index (Phi) is 5.84. The fourth-order valence-corrected chi connectivity index (χ4v) is 6.69. The summed E-state index contributed by atoms with van der Waals surface area (Å²) >= 11 is 0. The second-order valence-corrected chi connectivity index (χ2v) is 11.8. The first-order valence-electron chi connectivity index (χ1n) is 14.8. The molecule has 204 valence electrons. The SMILES string of the molecule is CC1(C)c2cc3ccccc3cc2-c2c(-c3ccccc3-c3nc(-c4ccccc4)cc(-c4ccccc4)n3)cccc21. The van der Waals surface area contributed by atoms with Gasteiger partial charge < -0.3 is 0 Å². The molecule has 1 heterocycles. The Balaban J connectivity index is 1.37. The number of aromatic nitrogens is 2. The minimum absolute atomic E-state index is 0.107. The Morgan fingerprint density at radius 3 is 1.60 bits per heavy atom. The quantitative estimate of drug-likeness (QED) is 0.218. The molecular formula is C41H30N2. The molecule has 0 amide bonds. The highest BCUT2D eigenvalue weighted by atomic mass is 14.9. The molecule has 8 rings (SSSR count). The summed E-state index contributed by atoms with van der Waals surface area (Å²) in [4.78, 5) is 10.4. The van der Waals surface area contributed by atoms with Crippen LogP contribution in [0.2, 0.25) is 0 Å². The topological polar surface area (TPSA) is 25.8 Å². The van der Waals surface area contributed by atoms with Crippen LogP contribution in [-0.2, 0) is 5.41 Å². The maximum Gasteiger partial charge on any atom is 0.161 e. The van der Waals surface area contributed by atoms with Gasteiger partial charge in [-0.3, -0.25) is 0 Å². The van der Waals surface area contributed by atoms with Crippen molar-refractivity contribution in [1.82, 2.24) is 9.97 Å². The molecule has 0 fully saturated rings. The van der Waals surface area contributed by atoms with Gasteiger partial charge in [-0.15, -0.1) is 0 Å². The second kappa shape index (κ2) is 9.89. The van der Waals surface area contributed by atoms with Gasteiger partial charge in [0.1, 0.15) is 0 Å². The molecular weight excluding hydrogens is 520 g/mol. The fourth-order valence-electron chi connectivity index (χ4n) is 6.69. The molecule has 0 aliphatic heterocycles. The van der Waals surface area contributed by atoms with E-state index in [9.17, 15) is 0 Å². The number of rotatable bonds is 4. The minimum atomic E-state index is -0.107. The largest absolute Gasteiger partial charge is 0.228 e. The monoisotopic (exact) mass is 550 g/mol. The van der Waals surface area contributed by atoms with Gasteiger partial charge in [0.15, 0.2) is 5.82 Å². The zero-order valence-corrected chi connectivity index (χ0v) is 24.3. The lowest BCUT2D eigenvalue weighted by atomic mass is 9.81. The molecule has 0 atom stereocenters. The van der Waals surface area contributed by atoms with Gasteiger partial charge in [-0.25, -0.2) is 9.97 Å². The summed E-state index contributed by atoms with van der Waals surface area (Å²) in [6, 6.07) is 51.7. The third-order valence-electron chi connectivity index (χ3n) is 8.89. The molecule has 2 heteroatoms. The van der Waals surface area contributed by atoms with E-state index in [0.717, 1.165) is 39.5 Å². The van der Waals surface area contributed by atoms with Gasteiger partial charge in [0.2, 0.25) is 0 Å². The molecule has 1 aliphatic carbocycles. The highest BCUT2D eigenvalue weighted by molar-refractivity contribution is 6.00. The van der Waals surface area contributed by atoms with E-state index < -0.39 is 0 Å². The summed E-state index contributed by atoms with van der Waals surface area (Å²) in [6.45, 7) is 4.70. The van der Waals surface area contributed by atoms with Gasteiger partial charge in [-0.2, -0.15) is 0 Å². The van der Waals surface area contributed by atoms with Gasteiger partial charge in [-0.1, -0.05) is 141 Å². The standard InChI is InChI=1S/C41H30N2/c1-41(2)35-23-13-22-32(39(35)34-24-29-18-9-10-19-30(29)25-36(34)41)31-20-11-12-21-33(31)40-42-37(27-14-5-3-6-15-27)26-38(43-40)28-16-7-4-8-17-28/h3-26H,1-2H3. The number of fused-ring (bicyclic) bond motifs is 4. The van der Waals surface area contributed by atoms with E-state index in [1.54, 1.807) is 0 Å². The smallest absolute Gasteiger partial charge is 0.161 e. The van der Waals surface area contributed by atoms with Crippen molar-refractivity contribution in [2.75, 3.05) is 0 Å². The summed E-state index contributed by atoms with van der Waals surface area (Å²) in [5.41, 5.74) is 12.6. The van der Waals surface area contributed by atoms with Crippen molar-refractivity contribution in [3.8, 4) is 56.2 Å². The Morgan fingerprint density at radius 1 is 0.419 bits per heavy atom. The summed E-state index contributed by atoms with van der Waals surface area (Å²) in [6.07, 6.45) is 0. The van der Waals surface area contributed by atoms with Crippen molar-refractivity contribution >= 4 is 10.8 Å². The number of nitrogens with zero attached hydrogens (tertiary/aromatic N) is 2. The Bertz CT molecular complexity index is 2090. The van der Waals surface area contributed by atoms with Crippen molar-refractivity contribution in [3.63, 3.8) is 0 Å². The van der Waals surface area contributed by atoms with E-state index in [1.807, 2.05) is 12.1 Å². The van der Waals surface area contributed by atoms with Crippen molar-refractivity contribution < 1.29 is 0 Å². The van der Waals surface area contributed by atoms with Crippen LogP contribution in [0.3, 0.4) is 0 Å². The van der Waals surface area contributed by atoms with Crippen molar-refractivity contribution in [2.45, 2.75) is 19.3 Å². The minimum Gasteiger partial charge on any atom is -0.228 e. The number of hydrogen-bond acceptors (Lipinski definition) is 2. The lowest BCUT2D eigenvalue weighted by Gasteiger charge is -2.22. The number of benzene rings is 6. The molecule has 1 aliphatic rings. The first-order chi connectivity index (χ1) is 21.1. The molecule has 0 radical (unpaired) electrons. The van der Waals surface area contributed by atoms with E-state index in [4.69, 9.17) is 9.97 Å². The number of hydrogen-bond donors (Lipinski definition) is 0. The molecule has 0 unspecified atom stereocenters. The average Bonchev–Trinajstić information content (AvgIpc) is 3.30. The predicted octanol–water partition coefficient (Wildman–Crippen LogP) is 10.6. The van der Waals surface area contributed by atoms with E-state index in [-0.39, 0.29) is 5.41 Å². The lowest BCUT2D eigenvalue weighted by molar-refractivity contribution is 0.661. The van der Waals surface area contributed by atoms with Gasteiger partial charge >= 0.3 is 0 Å². The summed E-state index contributed by atoms with van der Waals surface area (Å²) in [5.74, 6) is 0.726. The molecule has 0 bridgehead atoms. The van der Waals surface area contributed by atoms with Crippen LogP contribution in [0, 0.1) is 0 Å². The Morgan fingerprint density at radius 2 is 0.953 bits per heavy atom. The zero-order chi connectivity index (χ0) is 29.0. The molecule has 0 spiro atoms. The molecule has 0 saturated heterocycles. The van der Waals surface area contributed by atoms with E-state index in [1.165, 1.54) is 38.6 Å². The predicted molar refractivity (Wildman–Crippen MR) is 179 cm³/mol. The molecule has 0 N–H and O–H groups in total. The van der Waals surface area contributed by atoms with Gasteiger partial charge in [-0.05, 0) is 62.4 Å². The van der Waals surface area contributed by atoms with Crippen LogP contribution in [0.4, 0.5) is 0 Å². The van der Waals surface area contributed by atoms with Crippen LogP contribution < -0.4 is 0 Å². The zero-order valence-electron chi connectivity index (χ0n) is 24.3.